The van der Waals surface area contributed by atoms with Crippen LogP contribution in [0.5, 0.6) is 0 Å². The number of nitrogens with one attached hydrogen (secondary N) is 1. The molecule has 0 aliphatic heterocycles. The number of amides is 1. The minimum atomic E-state index is -0.488. The zero-order valence-corrected chi connectivity index (χ0v) is 13.0. The van der Waals surface area contributed by atoms with Crippen LogP contribution in [-0.2, 0) is 14.3 Å². The highest BCUT2D eigenvalue weighted by Gasteiger charge is 2.22. The topological polar surface area (TPSA) is 64.6 Å². The van der Waals surface area contributed by atoms with Gasteiger partial charge in [-0.05, 0) is 53.4 Å². The second-order valence-electron chi connectivity index (χ2n) is 6.55. The van der Waals surface area contributed by atoms with Crippen LogP contribution in [0.1, 0.15) is 53.4 Å². The first-order chi connectivity index (χ1) is 9.30. The van der Waals surface area contributed by atoms with E-state index in [0.29, 0.717) is 6.61 Å². The number of alkyl carbamates (subject to hydrolysis) is 1. The molecule has 5 nitrogen and oxygen atoms in total. The van der Waals surface area contributed by atoms with Crippen LogP contribution in [-0.4, -0.2) is 36.7 Å². The molecular weight excluding hydrogens is 258 g/mol. The van der Waals surface area contributed by atoms with Crippen molar-refractivity contribution < 1.29 is 19.1 Å². The molecule has 1 amide bonds. The summed E-state index contributed by atoms with van der Waals surface area (Å²) in [6.45, 7) is 7.86. The van der Waals surface area contributed by atoms with Gasteiger partial charge >= 0.3 is 6.09 Å². The third-order valence-corrected chi connectivity index (χ3v) is 3.26. The maximum atomic E-state index is 11.6. The first-order valence-corrected chi connectivity index (χ1v) is 7.36. The van der Waals surface area contributed by atoms with Crippen LogP contribution in [0, 0.1) is 5.92 Å². The Morgan fingerprint density at radius 2 is 1.90 bits per heavy atom. The molecule has 1 saturated carbocycles. The molecule has 0 spiro atoms. The van der Waals surface area contributed by atoms with Crippen LogP contribution in [0.25, 0.3) is 0 Å². The Balaban J connectivity index is 2.18. The molecule has 0 saturated heterocycles. The predicted molar refractivity (Wildman–Crippen MR) is 76.6 cm³/mol. The summed E-state index contributed by atoms with van der Waals surface area (Å²) in [5.41, 5.74) is -0.488. The molecule has 20 heavy (non-hydrogen) atoms. The highest BCUT2D eigenvalue weighted by atomic mass is 16.6. The van der Waals surface area contributed by atoms with E-state index in [1.54, 1.807) is 0 Å². The van der Waals surface area contributed by atoms with E-state index in [2.05, 4.69) is 5.32 Å². The predicted octanol–water partition coefficient (Wildman–Crippen LogP) is 2.67. The van der Waals surface area contributed by atoms with Gasteiger partial charge in [0.05, 0.1) is 18.8 Å². The molecule has 116 valence electrons. The molecule has 1 fully saturated rings. The lowest BCUT2D eigenvalue weighted by atomic mass is 9.88. The molecular formula is C15H27NO4. The van der Waals surface area contributed by atoms with E-state index in [1.165, 1.54) is 0 Å². The zero-order chi connectivity index (χ0) is 15.2. The molecule has 1 unspecified atom stereocenters. The van der Waals surface area contributed by atoms with Gasteiger partial charge < -0.3 is 19.6 Å². The summed E-state index contributed by atoms with van der Waals surface area (Å²) in [5, 5.41) is 2.75. The van der Waals surface area contributed by atoms with E-state index in [4.69, 9.17) is 9.47 Å². The number of aldehydes is 1. The highest BCUT2D eigenvalue weighted by molar-refractivity contribution is 5.68. The molecule has 1 atom stereocenters. The van der Waals surface area contributed by atoms with Crippen molar-refractivity contribution in [2.45, 2.75) is 71.1 Å². The summed E-state index contributed by atoms with van der Waals surface area (Å²) in [5.74, 6) is 0.201. The van der Waals surface area contributed by atoms with Crippen molar-refractivity contribution in [3.05, 3.63) is 0 Å². The van der Waals surface area contributed by atoms with Crippen LogP contribution in [0.2, 0.25) is 0 Å². The van der Waals surface area contributed by atoms with Gasteiger partial charge in [-0.15, -0.1) is 0 Å². The van der Waals surface area contributed by atoms with Gasteiger partial charge in [0, 0.05) is 5.92 Å². The molecule has 0 aromatic rings. The number of carbonyl (C=O) groups excluding carboxylic acids is 2. The largest absolute Gasteiger partial charge is 0.444 e. The van der Waals surface area contributed by atoms with Crippen molar-refractivity contribution in [2.75, 3.05) is 6.61 Å². The van der Waals surface area contributed by atoms with Crippen molar-refractivity contribution in [3.63, 3.8) is 0 Å². The Morgan fingerprint density at radius 3 is 2.40 bits per heavy atom. The number of carbonyl (C=O) groups is 2. The van der Waals surface area contributed by atoms with Crippen molar-refractivity contribution in [1.82, 2.24) is 5.32 Å². The van der Waals surface area contributed by atoms with Crippen LogP contribution < -0.4 is 5.32 Å². The quantitative estimate of drug-likeness (QED) is 0.789. The Morgan fingerprint density at radius 1 is 1.30 bits per heavy atom. The Kier molecular flexibility index (Phi) is 6.46. The number of ether oxygens (including phenoxy) is 2. The van der Waals surface area contributed by atoms with E-state index >= 15 is 0 Å². The van der Waals surface area contributed by atoms with Crippen molar-refractivity contribution in [2.24, 2.45) is 5.92 Å². The van der Waals surface area contributed by atoms with Crippen molar-refractivity contribution in [3.8, 4) is 0 Å². The lowest BCUT2D eigenvalue weighted by Gasteiger charge is -2.27. The first kappa shape index (κ1) is 17.0. The van der Waals surface area contributed by atoms with Crippen LogP contribution >= 0.6 is 0 Å². The molecule has 1 aliphatic carbocycles. The third kappa shape index (κ3) is 6.89. The van der Waals surface area contributed by atoms with Gasteiger partial charge in [0.15, 0.2) is 0 Å². The van der Waals surface area contributed by atoms with Gasteiger partial charge in [-0.2, -0.15) is 0 Å². The second kappa shape index (κ2) is 7.62. The average molecular weight is 285 g/mol. The molecule has 0 bridgehead atoms. The fraction of sp³-hybridized carbons (Fsp3) is 0.867. The minimum absolute atomic E-state index is 0.0892. The molecule has 5 heteroatoms. The van der Waals surface area contributed by atoms with E-state index in [9.17, 15) is 9.59 Å². The molecule has 1 rings (SSSR count). The van der Waals surface area contributed by atoms with Crippen LogP contribution in [0.15, 0.2) is 0 Å². The summed E-state index contributed by atoms with van der Waals surface area (Å²) < 4.78 is 11.0. The smallest absolute Gasteiger partial charge is 0.407 e. The van der Waals surface area contributed by atoms with Crippen molar-refractivity contribution >= 4 is 12.4 Å². The molecule has 0 aromatic carbocycles. The Bertz CT molecular complexity index is 316. The Hall–Kier alpha value is -1.10. The molecule has 0 aromatic heterocycles. The van der Waals surface area contributed by atoms with Crippen molar-refractivity contribution in [1.29, 1.82) is 0 Å². The standard InChI is InChI=1S/C15H27NO4/c1-11(16-14(18)20-15(2,3)4)10-19-13-7-5-12(9-17)6-8-13/h9,11-13H,5-8,10H2,1-4H3,(H,16,18). The summed E-state index contributed by atoms with van der Waals surface area (Å²) in [4.78, 5) is 22.2. The monoisotopic (exact) mass is 285 g/mol. The average Bonchev–Trinajstić information content (AvgIpc) is 2.34. The second-order valence-corrected chi connectivity index (χ2v) is 6.55. The van der Waals surface area contributed by atoms with Gasteiger partial charge in [0.25, 0.3) is 0 Å². The third-order valence-electron chi connectivity index (χ3n) is 3.26. The fourth-order valence-electron chi connectivity index (χ4n) is 2.22. The lowest BCUT2D eigenvalue weighted by Crippen LogP contribution is -2.40. The Labute approximate surface area is 121 Å². The molecule has 0 heterocycles. The molecule has 0 radical (unpaired) electrons. The van der Waals surface area contributed by atoms with E-state index in [0.717, 1.165) is 32.0 Å². The molecule has 1 N–H and O–H groups in total. The van der Waals surface area contributed by atoms with E-state index in [-0.39, 0.29) is 18.1 Å². The van der Waals surface area contributed by atoms with Crippen LogP contribution in [0.3, 0.4) is 0 Å². The minimum Gasteiger partial charge on any atom is -0.444 e. The van der Waals surface area contributed by atoms with Gasteiger partial charge in [-0.1, -0.05) is 0 Å². The number of hydrogen-bond acceptors (Lipinski definition) is 4. The van der Waals surface area contributed by atoms with Crippen LogP contribution in [0.4, 0.5) is 4.79 Å². The van der Waals surface area contributed by atoms with E-state index in [1.807, 2.05) is 27.7 Å². The van der Waals surface area contributed by atoms with Gasteiger partial charge in [-0.25, -0.2) is 4.79 Å². The maximum absolute atomic E-state index is 11.6. The normalized spacial score (nSPS) is 24.8. The number of hydrogen-bond donors (Lipinski definition) is 1. The summed E-state index contributed by atoms with van der Waals surface area (Å²) in [7, 11) is 0. The summed E-state index contributed by atoms with van der Waals surface area (Å²) in [6, 6.07) is -0.0892. The van der Waals surface area contributed by atoms with Gasteiger partial charge in [-0.3, -0.25) is 0 Å². The first-order valence-electron chi connectivity index (χ1n) is 7.36. The highest BCUT2D eigenvalue weighted by Crippen LogP contribution is 2.24. The zero-order valence-electron chi connectivity index (χ0n) is 13.0. The summed E-state index contributed by atoms with van der Waals surface area (Å²) in [6.07, 6.45) is 4.48. The number of rotatable bonds is 5. The van der Waals surface area contributed by atoms with Gasteiger partial charge in [0.2, 0.25) is 0 Å². The maximum Gasteiger partial charge on any atom is 0.407 e. The fourth-order valence-corrected chi connectivity index (χ4v) is 2.22. The SMILES string of the molecule is CC(COC1CCC(C=O)CC1)NC(=O)OC(C)(C)C. The molecule has 1 aliphatic rings. The summed E-state index contributed by atoms with van der Waals surface area (Å²) >= 11 is 0. The van der Waals surface area contributed by atoms with Gasteiger partial charge in [0.1, 0.15) is 11.9 Å². The lowest BCUT2D eigenvalue weighted by molar-refractivity contribution is -0.112. The van der Waals surface area contributed by atoms with E-state index < -0.39 is 11.7 Å².